The second-order valence-electron chi connectivity index (χ2n) is 6.29. The van der Waals surface area contributed by atoms with Gasteiger partial charge in [-0.3, -0.25) is 4.79 Å². The van der Waals surface area contributed by atoms with E-state index in [9.17, 15) is 23.4 Å². The number of carboxylic acids is 1. The van der Waals surface area contributed by atoms with Gasteiger partial charge in [-0.15, -0.1) is 0 Å². The van der Waals surface area contributed by atoms with Crippen LogP contribution in [0.3, 0.4) is 0 Å². The number of hydrogen-bond donors (Lipinski definition) is 3. The Hall–Kier alpha value is -2.22. The van der Waals surface area contributed by atoms with Crippen LogP contribution in [0.4, 0.5) is 0 Å². The van der Waals surface area contributed by atoms with Crippen LogP contribution in [0.5, 0.6) is 0 Å². The van der Waals surface area contributed by atoms with Crippen molar-refractivity contribution in [2.24, 2.45) is 0 Å². The minimum absolute atomic E-state index is 0.0313. The molecule has 0 aliphatic heterocycles. The highest BCUT2D eigenvalue weighted by atomic mass is 32.2. The van der Waals surface area contributed by atoms with Gasteiger partial charge in [0.1, 0.15) is 5.54 Å². The molecule has 0 radical (unpaired) electrons. The van der Waals surface area contributed by atoms with E-state index in [-0.39, 0.29) is 11.3 Å². The molecule has 7 heteroatoms. The lowest BCUT2D eigenvalue weighted by Crippen LogP contribution is -2.44. The molecule has 2 aromatic carbocycles. The van der Waals surface area contributed by atoms with Crippen LogP contribution in [0.15, 0.2) is 59.5 Å². The first-order valence-electron chi connectivity index (χ1n) is 7.86. The summed E-state index contributed by atoms with van der Waals surface area (Å²) in [4.78, 5) is 11.7. The molecule has 0 spiro atoms. The van der Waals surface area contributed by atoms with E-state index in [4.69, 9.17) is 0 Å². The Morgan fingerprint density at radius 3 is 2.28 bits per heavy atom. The molecule has 1 fully saturated rings. The summed E-state index contributed by atoms with van der Waals surface area (Å²) in [6.07, 6.45) is -0.502. The fraction of sp³-hybridized carbons (Fsp3) is 0.278. The van der Waals surface area contributed by atoms with E-state index in [1.165, 1.54) is 24.3 Å². The second kappa shape index (κ2) is 6.25. The maximum atomic E-state index is 12.6. The van der Waals surface area contributed by atoms with E-state index in [1.807, 2.05) is 6.07 Å². The SMILES string of the molecule is CC(O)c1ccc(S(=O)(=O)NC2(C(=O)O)CC2c2ccccc2)cc1. The fourth-order valence-electron chi connectivity index (χ4n) is 2.97. The molecule has 2 aromatic rings. The molecule has 0 saturated heterocycles. The van der Waals surface area contributed by atoms with Crippen molar-refractivity contribution >= 4 is 16.0 Å². The van der Waals surface area contributed by atoms with Crippen molar-refractivity contribution in [1.29, 1.82) is 0 Å². The number of carboxylic acid groups (broad SMARTS) is 1. The average molecular weight is 361 g/mol. The third-order valence-electron chi connectivity index (χ3n) is 4.53. The molecule has 6 nitrogen and oxygen atoms in total. The first kappa shape index (κ1) is 17.6. The zero-order valence-electron chi connectivity index (χ0n) is 13.6. The van der Waals surface area contributed by atoms with Gasteiger partial charge in [0.05, 0.1) is 11.0 Å². The molecule has 3 N–H and O–H groups in total. The number of aliphatic hydroxyl groups is 1. The van der Waals surface area contributed by atoms with Crippen LogP contribution in [-0.4, -0.2) is 30.1 Å². The Morgan fingerprint density at radius 2 is 1.76 bits per heavy atom. The van der Waals surface area contributed by atoms with Crippen LogP contribution in [0.2, 0.25) is 0 Å². The molecule has 0 heterocycles. The lowest BCUT2D eigenvalue weighted by Gasteiger charge is -2.16. The van der Waals surface area contributed by atoms with Gasteiger partial charge < -0.3 is 10.2 Å². The van der Waals surface area contributed by atoms with Gasteiger partial charge in [0.15, 0.2) is 0 Å². The number of benzene rings is 2. The van der Waals surface area contributed by atoms with Crippen LogP contribution in [0, 0.1) is 0 Å². The third kappa shape index (κ3) is 3.30. The molecule has 3 rings (SSSR count). The summed E-state index contributed by atoms with van der Waals surface area (Å²) >= 11 is 0. The van der Waals surface area contributed by atoms with Crippen LogP contribution in [0.25, 0.3) is 0 Å². The Labute approximate surface area is 146 Å². The first-order chi connectivity index (χ1) is 11.8. The summed E-state index contributed by atoms with van der Waals surface area (Å²) in [7, 11) is -4.00. The monoisotopic (exact) mass is 361 g/mol. The van der Waals surface area contributed by atoms with E-state index in [1.54, 1.807) is 31.2 Å². The lowest BCUT2D eigenvalue weighted by molar-refractivity contribution is -0.140. The Balaban J connectivity index is 1.87. The molecular weight excluding hydrogens is 342 g/mol. The summed E-state index contributed by atoms with van der Waals surface area (Å²) < 4.78 is 27.6. The lowest BCUT2D eigenvalue weighted by atomic mass is 10.1. The van der Waals surface area contributed by atoms with Crippen molar-refractivity contribution in [1.82, 2.24) is 4.72 Å². The van der Waals surface area contributed by atoms with Crippen molar-refractivity contribution in [3.63, 3.8) is 0 Å². The maximum Gasteiger partial charge on any atom is 0.325 e. The van der Waals surface area contributed by atoms with Crippen LogP contribution < -0.4 is 4.72 Å². The summed E-state index contributed by atoms with van der Waals surface area (Å²) in [5, 5.41) is 19.1. The maximum absolute atomic E-state index is 12.6. The first-order valence-corrected chi connectivity index (χ1v) is 9.35. The highest BCUT2D eigenvalue weighted by Gasteiger charge is 2.63. The number of nitrogens with one attached hydrogen (secondary N) is 1. The number of hydrogen-bond acceptors (Lipinski definition) is 4. The minimum Gasteiger partial charge on any atom is -0.480 e. The zero-order valence-corrected chi connectivity index (χ0v) is 14.4. The Kier molecular flexibility index (Phi) is 4.40. The number of aliphatic carboxylic acids is 1. The zero-order chi connectivity index (χ0) is 18.2. The van der Waals surface area contributed by atoms with Gasteiger partial charge in [-0.1, -0.05) is 42.5 Å². The normalized spacial score (nSPS) is 23.8. The van der Waals surface area contributed by atoms with Gasteiger partial charge in [-0.05, 0) is 36.6 Å². The number of carbonyl (C=O) groups is 1. The predicted molar refractivity (Wildman–Crippen MR) is 91.6 cm³/mol. The summed E-state index contributed by atoms with van der Waals surface area (Å²) in [5.74, 6) is -1.59. The van der Waals surface area contributed by atoms with Crippen molar-refractivity contribution in [3.8, 4) is 0 Å². The van der Waals surface area contributed by atoms with Crippen molar-refractivity contribution in [3.05, 3.63) is 65.7 Å². The van der Waals surface area contributed by atoms with E-state index in [0.29, 0.717) is 5.56 Å². The van der Waals surface area contributed by atoms with Crippen molar-refractivity contribution < 1.29 is 23.4 Å². The predicted octanol–water partition coefficient (Wildman–Crippen LogP) is 2.03. The average Bonchev–Trinajstić information content (AvgIpc) is 3.30. The van der Waals surface area contributed by atoms with E-state index in [2.05, 4.69) is 4.72 Å². The fourth-order valence-corrected chi connectivity index (χ4v) is 4.37. The Morgan fingerprint density at radius 1 is 1.16 bits per heavy atom. The minimum atomic E-state index is -4.00. The molecule has 0 bridgehead atoms. The smallest absolute Gasteiger partial charge is 0.325 e. The van der Waals surface area contributed by atoms with Crippen molar-refractivity contribution in [2.45, 2.75) is 35.8 Å². The van der Waals surface area contributed by atoms with Crippen LogP contribution in [-0.2, 0) is 14.8 Å². The highest BCUT2D eigenvalue weighted by Crippen LogP contribution is 2.52. The quantitative estimate of drug-likeness (QED) is 0.730. The number of rotatable bonds is 6. The van der Waals surface area contributed by atoms with Crippen LogP contribution in [0.1, 0.15) is 36.5 Å². The molecular formula is C18H19NO5S. The summed E-state index contributed by atoms with van der Waals surface area (Å²) in [6, 6.07) is 14.7. The highest BCUT2D eigenvalue weighted by molar-refractivity contribution is 7.89. The summed E-state index contributed by atoms with van der Waals surface area (Å²) in [6.45, 7) is 1.58. The van der Waals surface area contributed by atoms with Gasteiger partial charge in [0.25, 0.3) is 0 Å². The van der Waals surface area contributed by atoms with Gasteiger partial charge in [-0.25, -0.2) is 8.42 Å². The molecule has 3 unspecified atom stereocenters. The van der Waals surface area contributed by atoms with Gasteiger partial charge in [-0.2, -0.15) is 4.72 Å². The molecule has 3 atom stereocenters. The van der Waals surface area contributed by atoms with Crippen molar-refractivity contribution in [2.75, 3.05) is 0 Å². The molecule has 0 amide bonds. The van der Waals surface area contributed by atoms with E-state index >= 15 is 0 Å². The number of aliphatic hydroxyl groups excluding tert-OH is 1. The molecule has 1 aliphatic carbocycles. The molecule has 0 aromatic heterocycles. The van der Waals surface area contributed by atoms with E-state index < -0.39 is 33.6 Å². The largest absolute Gasteiger partial charge is 0.480 e. The van der Waals surface area contributed by atoms with Gasteiger partial charge in [0.2, 0.25) is 10.0 Å². The Bertz CT molecular complexity index is 877. The molecule has 132 valence electrons. The topological polar surface area (TPSA) is 104 Å². The van der Waals surface area contributed by atoms with Crippen LogP contribution >= 0.6 is 0 Å². The van der Waals surface area contributed by atoms with Gasteiger partial charge in [0, 0.05) is 5.92 Å². The second-order valence-corrected chi connectivity index (χ2v) is 7.98. The van der Waals surface area contributed by atoms with E-state index in [0.717, 1.165) is 5.56 Å². The summed E-state index contributed by atoms with van der Waals surface area (Å²) in [5.41, 5.74) is -0.152. The third-order valence-corrected chi connectivity index (χ3v) is 6.06. The molecule has 25 heavy (non-hydrogen) atoms. The number of sulfonamides is 1. The standard InChI is InChI=1S/C18H19NO5S/c1-12(20)13-7-9-15(10-8-13)25(23,24)19-18(17(21)22)11-16(18)14-5-3-2-4-6-14/h2-10,12,16,19-20H,11H2,1H3,(H,21,22). The molecule has 1 aliphatic rings. The van der Waals surface area contributed by atoms with Gasteiger partial charge >= 0.3 is 5.97 Å². The molecule has 1 saturated carbocycles.